The van der Waals surface area contributed by atoms with Gasteiger partial charge in [0.05, 0.1) is 6.42 Å². The number of nitrogens with zero attached hydrogens (tertiary/aromatic N) is 4. The Hall–Kier alpha value is -2.51. The minimum absolute atomic E-state index is 0.0898. The largest absolute Gasteiger partial charge is 0.343 e. The molecule has 1 saturated heterocycles. The summed E-state index contributed by atoms with van der Waals surface area (Å²) in [5.74, 6) is -0.152. The molecule has 0 radical (unpaired) electrons. The first-order valence-corrected chi connectivity index (χ1v) is 10.6. The van der Waals surface area contributed by atoms with E-state index in [4.69, 9.17) is 11.6 Å². The van der Waals surface area contributed by atoms with Crippen molar-refractivity contribution in [2.45, 2.75) is 12.8 Å². The standard InChI is InChI=1S/C21H20ClFN4OS/c22-18-4-2-1-3-16(18)14-20(28)26-9-11-27(12-10-26)21-25-24-19(29-21)13-15-5-7-17(23)8-6-15/h1-8H,9-14H2. The maximum atomic E-state index is 13.0. The van der Waals surface area contributed by atoms with Crippen LogP contribution < -0.4 is 4.90 Å². The predicted octanol–water partition coefficient (Wildman–Crippen LogP) is 3.81. The molecule has 1 aliphatic rings. The van der Waals surface area contributed by atoms with Crippen molar-refractivity contribution in [3.8, 4) is 0 Å². The number of halogens is 2. The van der Waals surface area contributed by atoms with Crippen LogP contribution in [0.2, 0.25) is 5.02 Å². The van der Waals surface area contributed by atoms with Gasteiger partial charge in [0.2, 0.25) is 11.0 Å². The normalized spacial score (nSPS) is 14.3. The fraction of sp³-hybridized carbons (Fsp3) is 0.286. The minimum Gasteiger partial charge on any atom is -0.343 e. The molecular formula is C21H20ClFN4OS. The maximum absolute atomic E-state index is 13.0. The second kappa shape index (κ2) is 8.88. The molecule has 150 valence electrons. The van der Waals surface area contributed by atoms with E-state index in [9.17, 15) is 9.18 Å². The first-order valence-electron chi connectivity index (χ1n) is 9.41. The van der Waals surface area contributed by atoms with E-state index < -0.39 is 0 Å². The average Bonchev–Trinajstić information content (AvgIpc) is 3.20. The summed E-state index contributed by atoms with van der Waals surface area (Å²) in [6.07, 6.45) is 0.953. The Morgan fingerprint density at radius 2 is 1.76 bits per heavy atom. The molecule has 0 N–H and O–H groups in total. The van der Waals surface area contributed by atoms with E-state index in [1.807, 2.05) is 23.1 Å². The summed E-state index contributed by atoms with van der Waals surface area (Å²) in [7, 11) is 0. The highest BCUT2D eigenvalue weighted by Crippen LogP contribution is 2.24. The molecule has 5 nitrogen and oxygen atoms in total. The Bertz CT molecular complexity index is 986. The van der Waals surface area contributed by atoms with Gasteiger partial charge in [-0.2, -0.15) is 0 Å². The SMILES string of the molecule is O=C(Cc1ccccc1Cl)N1CCN(c2nnc(Cc3ccc(F)cc3)s2)CC1. The first-order chi connectivity index (χ1) is 14.1. The molecule has 2 heterocycles. The highest BCUT2D eigenvalue weighted by Gasteiger charge is 2.23. The van der Waals surface area contributed by atoms with Crippen LogP contribution in [0.4, 0.5) is 9.52 Å². The van der Waals surface area contributed by atoms with Gasteiger partial charge in [0, 0.05) is 37.6 Å². The van der Waals surface area contributed by atoms with Crippen LogP contribution in [0.1, 0.15) is 16.1 Å². The molecule has 1 amide bonds. The van der Waals surface area contributed by atoms with Gasteiger partial charge in [-0.15, -0.1) is 10.2 Å². The number of carbonyl (C=O) groups excluding carboxylic acids is 1. The number of benzene rings is 2. The molecule has 1 aromatic heterocycles. The third-order valence-corrected chi connectivity index (χ3v) is 6.28. The summed E-state index contributed by atoms with van der Waals surface area (Å²) in [6, 6.07) is 13.9. The van der Waals surface area contributed by atoms with Crippen molar-refractivity contribution in [1.29, 1.82) is 0 Å². The fourth-order valence-electron chi connectivity index (χ4n) is 3.28. The van der Waals surface area contributed by atoms with Crippen LogP contribution in [0.5, 0.6) is 0 Å². The number of carbonyl (C=O) groups is 1. The summed E-state index contributed by atoms with van der Waals surface area (Å²) < 4.78 is 13.0. The van der Waals surface area contributed by atoms with Crippen LogP contribution >= 0.6 is 22.9 Å². The zero-order valence-corrected chi connectivity index (χ0v) is 17.3. The van der Waals surface area contributed by atoms with Crippen molar-refractivity contribution in [1.82, 2.24) is 15.1 Å². The van der Waals surface area contributed by atoms with Crippen LogP contribution in [0, 0.1) is 5.82 Å². The minimum atomic E-state index is -0.242. The van der Waals surface area contributed by atoms with E-state index >= 15 is 0 Å². The quantitative estimate of drug-likeness (QED) is 0.617. The van der Waals surface area contributed by atoms with Crippen LogP contribution in [-0.2, 0) is 17.6 Å². The van der Waals surface area contributed by atoms with E-state index in [2.05, 4.69) is 15.1 Å². The van der Waals surface area contributed by atoms with E-state index in [1.54, 1.807) is 29.5 Å². The summed E-state index contributed by atoms with van der Waals surface area (Å²) in [4.78, 5) is 16.6. The molecular weight excluding hydrogens is 411 g/mol. The molecule has 0 bridgehead atoms. The third-order valence-electron chi connectivity index (χ3n) is 4.93. The second-order valence-electron chi connectivity index (χ2n) is 6.92. The number of hydrogen-bond donors (Lipinski definition) is 0. The van der Waals surface area contributed by atoms with Crippen molar-refractivity contribution >= 4 is 34.0 Å². The van der Waals surface area contributed by atoms with Gasteiger partial charge in [0.25, 0.3) is 0 Å². The van der Waals surface area contributed by atoms with Crippen LogP contribution in [-0.4, -0.2) is 47.2 Å². The van der Waals surface area contributed by atoms with Crippen molar-refractivity contribution in [3.05, 3.63) is 75.5 Å². The lowest BCUT2D eigenvalue weighted by molar-refractivity contribution is -0.130. The topological polar surface area (TPSA) is 49.3 Å². The molecule has 0 atom stereocenters. The molecule has 0 unspecified atom stereocenters. The van der Waals surface area contributed by atoms with Gasteiger partial charge >= 0.3 is 0 Å². The smallest absolute Gasteiger partial charge is 0.227 e. The van der Waals surface area contributed by atoms with Gasteiger partial charge in [0.1, 0.15) is 10.8 Å². The number of anilines is 1. The number of rotatable bonds is 5. The Morgan fingerprint density at radius 3 is 2.48 bits per heavy atom. The van der Waals surface area contributed by atoms with Gasteiger partial charge in [-0.3, -0.25) is 4.79 Å². The van der Waals surface area contributed by atoms with Gasteiger partial charge in [-0.1, -0.05) is 53.3 Å². The lowest BCUT2D eigenvalue weighted by Gasteiger charge is -2.34. The van der Waals surface area contributed by atoms with E-state index in [0.717, 1.165) is 34.4 Å². The number of amides is 1. The predicted molar refractivity (Wildman–Crippen MR) is 113 cm³/mol. The monoisotopic (exact) mass is 430 g/mol. The van der Waals surface area contributed by atoms with Gasteiger partial charge < -0.3 is 9.80 Å². The Balaban J connectivity index is 1.31. The summed E-state index contributed by atoms with van der Waals surface area (Å²) in [5.41, 5.74) is 1.86. The lowest BCUT2D eigenvalue weighted by Crippen LogP contribution is -2.49. The molecule has 8 heteroatoms. The van der Waals surface area contributed by atoms with Crippen LogP contribution in [0.15, 0.2) is 48.5 Å². The molecule has 2 aromatic carbocycles. The second-order valence-corrected chi connectivity index (χ2v) is 8.37. The average molecular weight is 431 g/mol. The highest BCUT2D eigenvalue weighted by atomic mass is 35.5. The zero-order chi connectivity index (χ0) is 20.2. The molecule has 1 fully saturated rings. The molecule has 0 spiro atoms. The number of hydrogen-bond acceptors (Lipinski definition) is 5. The maximum Gasteiger partial charge on any atom is 0.227 e. The number of aromatic nitrogens is 2. The Labute approximate surface area is 177 Å². The van der Waals surface area contributed by atoms with E-state index in [1.165, 1.54) is 12.1 Å². The summed E-state index contributed by atoms with van der Waals surface area (Å²) in [5, 5.41) is 10.9. The molecule has 3 aromatic rings. The van der Waals surface area contributed by atoms with Crippen molar-refractivity contribution in [2.24, 2.45) is 0 Å². The van der Waals surface area contributed by atoms with Crippen molar-refractivity contribution in [2.75, 3.05) is 31.1 Å². The van der Waals surface area contributed by atoms with E-state index in [0.29, 0.717) is 31.0 Å². The fourth-order valence-corrected chi connectivity index (χ4v) is 4.41. The molecule has 29 heavy (non-hydrogen) atoms. The molecule has 0 aliphatic carbocycles. The van der Waals surface area contributed by atoms with E-state index in [-0.39, 0.29) is 11.7 Å². The summed E-state index contributed by atoms with van der Waals surface area (Å²) in [6.45, 7) is 2.74. The molecule has 0 saturated carbocycles. The third kappa shape index (κ3) is 4.92. The lowest BCUT2D eigenvalue weighted by atomic mass is 10.1. The highest BCUT2D eigenvalue weighted by molar-refractivity contribution is 7.15. The zero-order valence-electron chi connectivity index (χ0n) is 15.7. The van der Waals surface area contributed by atoms with Crippen molar-refractivity contribution < 1.29 is 9.18 Å². The van der Waals surface area contributed by atoms with Gasteiger partial charge in [0.15, 0.2) is 0 Å². The molecule has 1 aliphatic heterocycles. The van der Waals surface area contributed by atoms with Gasteiger partial charge in [-0.25, -0.2) is 4.39 Å². The molecule has 4 rings (SSSR count). The Kier molecular flexibility index (Phi) is 6.06. The first kappa shape index (κ1) is 19.8. The van der Waals surface area contributed by atoms with Crippen LogP contribution in [0.3, 0.4) is 0 Å². The van der Waals surface area contributed by atoms with Gasteiger partial charge in [-0.05, 0) is 29.3 Å². The van der Waals surface area contributed by atoms with Crippen LogP contribution in [0.25, 0.3) is 0 Å². The number of piperazine rings is 1. The van der Waals surface area contributed by atoms with Crippen molar-refractivity contribution in [3.63, 3.8) is 0 Å². The Morgan fingerprint density at radius 1 is 1.03 bits per heavy atom. The summed E-state index contributed by atoms with van der Waals surface area (Å²) >= 11 is 7.71.